The van der Waals surface area contributed by atoms with Gasteiger partial charge in [0, 0.05) is 6.42 Å². The average molecular weight is 521 g/mol. The quantitative estimate of drug-likeness (QED) is 0.200. The molecule has 0 aliphatic heterocycles. The third-order valence-electron chi connectivity index (χ3n) is 5.59. The van der Waals surface area contributed by atoms with E-state index in [2.05, 4.69) is 21.3 Å². The molecule has 1 aromatic carbocycles. The lowest BCUT2D eigenvalue weighted by molar-refractivity contribution is -0.140. The number of phenolic OH excluding ortho intramolecular Hbond substituents is 1. The Morgan fingerprint density at radius 3 is 1.49 bits per heavy atom. The van der Waals surface area contributed by atoms with Crippen LogP contribution in [-0.2, 0) is 30.4 Å². The van der Waals surface area contributed by atoms with Gasteiger partial charge >= 0.3 is 0 Å². The van der Waals surface area contributed by atoms with Crippen molar-refractivity contribution in [2.75, 3.05) is 0 Å². The highest BCUT2D eigenvalue weighted by Crippen LogP contribution is 2.14. The Hall–Kier alpha value is -3.67. The molecule has 12 heteroatoms. The summed E-state index contributed by atoms with van der Waals surface area (Å²) in [5.74, 6) is -3.28. The molecule has 12 nitrogen and oxygen atoms in total. The molecule has 0 aliphatic carbocycles. The zero-order valence-electron chi connectivity index (χ0n) is 22.7. The second-order valence-electron chi connectivity index (χ2n) is 11.3. The van der Waals surface area contributed by atoms with E-state index >= 15 is 0 Å². The maximum Gasteiger partial charge on any atom is 0.246 e. The van der Waals surface area contributed by atoms with E-state index in [1.807, 2.05) is 0 Å². The predicted molar refractivity (Wildman–Crippen MR) is 138 cm³/mol. The molecular formula is C25H40N6O6. The van der Waals surface area contributed by atoms with Crippen molar-refractivity contribution in [3.8, 4) is 5.75 Å². The molecule has 0 heterocycles. The Bertz CT molecular complexity index is 1040. The van der Waals surface area contributed by atoms with Crippen LogP contribution in [0.25, 0.3) is 0 Å². The maximum absolute atomic E-state index is 13.0. The first kappa shape index (κ1) is 31.4. The number of carbonyl (C=O) groups excluding carboxylic acids is 5. The molecule has 1 atom stereocenters. The SMILES string of the molecule is CC(C)(N)C(=O)NC(C)(C)C(=O)NC(C)(C)C(=O)NC(C)(C)C(=O)N[C@@H](Cc1ccc(O)cc1)C(N)=O. The van der Waals surface area contributed by atoms with Crippen molar-refractivity contribution in [2.24, 2.45) is 11.5 Å². The fourth-order valence-corrected chi connectivity index (χ4v) is 2.92. The van der Waals surface area contributed by atoms with Crippen LogP contribution in [0.1, 0.15) is 61.0 Å². The van der Waals surface area contributed by atoms with Crippen LogP contribution < -0.4 is 32.7 Å². The average Bonchev–Trinajstić information content (AvgIpc) is 2.72. The lowest BCUT2D eigenvalue weighted by Crippen LogP contribution is -2.67. The molecule has 9 N–H and O–H groups in total. The van der Waals surface area contributed by atoms with E-state index < -0.39 is 57.7 Å². The number of aromatic hydroxyl groups is 1. The molecule has 0 spiro atoms. The number of amides is 5. The van der Waals surface area contributed by atoms with Crippen molar-refractivity contribution in [1.82, 2.24) is 21.3 Å². The van der Waals surface area contributed by atoms with Gasteiger partial charge in [0.1, 0.15) is 28.4 Å². The number of benzene rings is 1. The molecular weight excluding hydrogens is 480 g/mol. The standard InChI is InChI=1S/C25H40N6O6/c1-22(2,27)18(34)29-24(5,6)20(36)31-25(7,8)21(37)30-23(3,4)19(35)28-16(17(26)33)13-14-9-11-15(32)12-10-14/h9-12,16,32H,13,27H2,1-8H3,(H2,26,33)(H,28,35)(H,29,34)(H,30,37)(H,31,36)/t16-/m0/s1. The van der Waals surface area contributed by atoms with Crippen LogP contribution in [0.15, 0.2) is 24.3 Å². The fourth-order valence-electron chi connectivity index (χ4n) is 2.92. The lowest BCUT2D eigenvalue weighted by atomic mass is 9.95. The number of primary amides is 1. The van der Waals surface area contributed by atoms with Crippen LogP contribution in [0.5, 0.6) is 5.75 Å². The van der Waals surface area contributed by atoms with Gasteiger partial charge in [0.15, 0.2) is 0 Å². The normalized spacial score (nSPS) is 13.2. The molecule has 37 heavy (non-hydrogen) atoms. The zero-order chi connectivity index (χ0) is 29.0. The van der Waals surface area contributed by atoms with Gasteiger partial charge in [-0.2, -0.15) is 0 Å². The Kier molecular flexibility index (Phi) is 9.46. The maximum atomic E-state index is 13.0. The number of nitrogens with one attached hydrogen (secondary N) is 4. The van der Waals surface area contributed by atoms with Crippen molar-refractivity contribution in [2.45, 2.75) is 90.0 Å². The second kappa shape index (κ2) is 11.2. The molecule has 1 rings (SSSR count). The highest BCUT2D eigenvalue weighted by atomic mass is 16.3. The molecule has 0 saturated carbocycles. The van der Waals surface area contributed by atoms with E-state index in [0.29, 0.717) is 5.56 Å². The Morgan fingerprint density at radius 2 is 1.11 bits per heavy atom. The molecule has 5 amide bonds. The topological polar surface area (TPSA) is 206 Å². The molecule has 0 fully saturated rings. The van der Waals surface area contributed by atoms with Crippen LogP contribution in [0.4, 0.5) is 0 Å². The molecule has 0 saturated heterocycles. The van der Waals surface area contributed by atoms with Gasteiger partial charge in [0.25, 0.3) is 0 Å². The van der Waals surface area contributed by atoms with Crippen LogP contribution in [-0.4, -0.2) is 62.8 Å². The summed E-state index contributed by atoms with van der Waals surface area (Å²) < 4.78 is 0. The Morgan fingerprint density at radius 1 is 0.730 bits per heavy atom. The van der Waals surface area contributed by atoms with Gasteiger partial charge < -0.3 is 37.8 Å². The monoisotopic (exact) mass is 520 g/mol. The van der Waals surface area contributed by atoms with Crippen molar-refractivity contribution in [1.29, 1.82) is 0 Å². The van der Waals surface area contributed by atoms with Crippen LogP contribution >= 0.6 is 0 Å². The highest BCUT2D eigenvalue weighted by molar-refractivity contribution is 5.99. The summed E-state index contributed by atoms with van der Waals surface area (Å²) in [5.41, 5.74) is 6.31. The minimum absolute atomic E-state index is 0.0518. The summed E-state index contributed by atoms with van der Waals surface area (Å²) in [6.07, 6.45) is 0.0767. The van der Waals surface area contributed by atoms with Gasteiger partial charge in [-0.3, -0.25) is 24.0 Å². The van der Waals surface area contributed by atoms with Gasteiger partial charge in [-0.1, -0.05) is 12.1 Å². The largest absolute Gasteiger partial charge is 0.508 e. The minimum atomic E-state index is -1.49. The molecule has 0 aromatic heterocycles. The molecule has 0 bridgehead atoms. The minimum Gasteiger partial charge on any atom is -0.508 e. The Balaban J connectivity index is 2.90. The summed E-state index contributed by atoms with van der Waals surface area (Å²) in [5, 5.41) is 19.7. The number of hydrogen-bond acceptors (Lipinski definition) is 7. The zero-order valence-corrected chi connectivity index (χ0v) is 22.7. The fraction of sp³-hybridized carbons (Fsp3) is 0.560. The summed E-state index contributed by atoms with van der Waals surface area (Å²) in [6.45, 7) is 11.7. The Labute approximate surface area is 217 Å². The molecule has 0 radical (unpaired) electrons. The molecule has 0 unspecified atom stereocenters. The molecule has 0 aliphatic rings. The van der Waals surface area contributed by atoms with Gasteiger partial charge in [0.2, 0.25) is 29.5 Å². The van der Waals surface area contributed by atoms with Crippen molar-refractivity contribution in [3.63, 3.8) is 0 Å². The van der Waals surface area contributed by atoms with Gasteiger partial charge in [-0.15, -0.1) is 0 Å². The van der Waals surface area contributed by atoms with Gasteiger partial charge in [-0.05, 0) is 73.1 Å². The highest BCUT2D eigenvalue weighted by Gasteiger charge is 2.41. The number of rotatable bonds is 11. The van der Waals surface area contributed by atoms with Crippen molar-refractivity contribution >= 4 is 29.5 Å². The molecule has 1 aromatic rings. The van der Waals surface area contributed by atoms with E-state index in [9.17, 15) is 29.1 Å². The first-order chi connectivity index (χ1) is 16.6. The number of phenols is 1. The first-order valence-electron chi connectivity index (χ1n) is 11.7. The van der Waals surface area contributed by atoms with E-state index in [4.69, 9.17) is 11.5 Å². The van der Waals surface area contributed by atoms with Gasteiger partial charge in [-0.25, -0.2) is 0 Å². The summed E-state index contributed by atoms with van der Waals surface area (Å²) in [4.78, 5) is 63.1. The van der Waals surface area contributed by atoms with Crippen LogP contribution in [0.3, 0.4) is 0 Å². The summed E-state index contributed by atoms with van der Waals surface area (Å²) in [7, 11) is 0. The van der Waals surface area contributed by atoms with E-state index in [1.54, 1.807) is 12.1 Å². The molecule has 206 valence electrons. The summed E-state index contributed by atoms with van der Waals surface area (Å²) >= 11 is 0. The van der Waals surface area contributed by atoms with E-state index in [1.165, 1.54) is 67.5 Å². The third kappa shape index (κ3) is 9.05. The van der Waals surface area contributed by atoms with Crippen molar-refractivity contribution < 1.29 is 29.1 Å². The number of carbonyl (C=O) groups is 5. The van der Waals surface area contributed by atoms with Gasteiger partial charge in [0.05, 0.1) is 5.54 Å². The lowest BCUT2D eigenvalue weighted by Gasteiger charge is -2.35. The smallest absolute Gasteiger partial charge is 0.246 e. The van der Waals surface area contributed by atoms with Crippen molar-refractivity contribution in [3.05, 3.63) is 29.8 Å². The predicted octanol–water partition coefficient (Wildman–Crippen LogP) is -0.673. The van der Waals surface area contributed by atoms with Crippen LogP contribution in [0.2, 0.25) is 0 Å². The first-order valence-corrected chi connectivity index (χ1v) is 11.7. The summed E-state index contributed by atoms with van der Waals surface area (Å²) in [6, 6.07) is 5.00. The number of nitrogens with two attached hydrogens (primary N) is 2. The van der Waals surface area contributed by atoms with Crippen LogP contribution in [0, 0.1) is 0 Å². The third-order valence-corrected chi connectivity index (χ3v) is 5.59. The number of hydrogen-bond donors (Lipinski definition) is 7. The van der Waals surface area contributed by atoms with E-state index in [-0.39, 0.29) is 12.2 Å². The van der Waals surface area contributed by atoms with E-state index in [0.717, 1.165) is 0 Å². The second-order valence-corrected chi connectivity index (χ2v) is 11.3.